The third kappa shape index (κ3) is 5.63. The fraction of sp³-hybridized carbons (Fsp3) is 0.500. The van der Waals surface area contributed by atoms with Crippen molar-refractivity contribution in [3.63, 3.8) is 0 Å². The summed E-state index contributed by atoms with van der Waals surface area (Å²) in [7, 11) is 2.96. The second kappa shape index (κ2) is 8.92. The number of nitrogens with zero attached hydrogens (tertiary/aromatic N) is 1. The zero-order chi connectivity index (χ0) is 16.5. The van der Waals surface area contributed by atoms with Crippen molar-refractivity contribution in [2.45, 2.75) is 13.8 Å². The molecule has 122 valence electrons. The van der Waals surface area contributed by atoms with Gasteiger partial charge in [-0.3, -0.25) is 9.59 Å². The second-order valence-corrected chi connectivity index (χ2v) is 4.89. The average Bonchev–Trinajstić information content (AvgIpc) is 2.53. The lowest BCUT2D eigenvalue weighted by Gasteiger charge is -2.20. The predicted octanol–water partition coefficient (Wildman–Crippen LogP) is 1.73. The number of hydrogen-bond acceptors (Lipinski definition) is 5. The molecule has 0 aliphatic carbocycles. The van der Waals surface area contributed by atoms with Crippen molar-refractivity contribution in [1.29, 1.82) is 0 Å². The van der Waals surface area contributed by atoms with Gasteiger partial charge in [-0.05, 0) is 31.2 Å². The molecule has 1 unspecified atom stereocenters. The molecule has 1 atom stereocenters. The van der Waals surface area contributed by atoms with E-state index in [1.54, 1.807) is 38.2 Å². The summed E-state index contributed by atoms with van der Waals surface area (Å²) in [6.45, 7) is 4.43. The minimum atomic E-state index is -0.371. The highest BCUT2D eigenvalue weighted by Crippen LogP contribution is 2.17. The van der Waals surface area contributed by atoms with Crippen molar-refractivity contribution in [2.24, 2.45) is 5.92 Å². The van der Waals surface area contributed by atoms with Crippen molar-refractivity contribution < 1.29 is 23.8 Å². The van der Waals surface area contributed by atoms with Crippen LogP contribution in [0.4, 0.5) is 0 Å². The number of methoxy groups -OCH3 is 1. The molecule has 1 amide bonds. The number of hydrogen-bond donors (Lipinski definition) is 0. The Morgan fingerprint density at radius 1 is 1.14 bits per heavy atom. The highest BCUT2D eigenvalue weighted by molar-refractivity contribution is 5.78. The molecule has 1 aromatic rings. The lowest BCUT2D eigenvalue weighted by Crippen LogP contribution is -2.36. The van der Waals surface area contributed by atoms with Crippen molar-refractivity contribution in [3.8, 4) is 11.5 Å². The van der Waals surface area contributed by atoms with Crippen LogP contribution in [-0.4, -0.2) is 50.7 Å². The fourth-order valence-electron chi connectivity index (χ4n) is 1.84. The standard InChI is InChI=1S/C16H23NO5/c1-5-21-13-6-8-14(9-7-13)22-11-15(18)17(3)10-12(2)16(19)20-4/h6-9,12H,5,10-11H2,1-4H3. The maximum atomic E-state index is 12.0. The molecule has 6 nitrogen and oxygen atoms in total. The number of benzene rings is 1. The van der Waals surface area contributed by atoms with E-state index in [4.69, 9.17) is 9.47 Å². The van der Waals surface area contributed by atoms with E-state index in [9.17, 15) is 9.59 Å². The molecule has 0 spiro atoms. The molecule has 0 aliphatic heterocycles. The molecule has 0 aromatic heterocycles. The summed E-state index contributed by atoms with van der Waals surface area (Å²) < 4.78 is 15.4. The molecule has 22 heavy (non-hydrogen) atoms. The lowest BCUT2D eigenvalue weighted by molar-refractivity contribution is -0.146. The van der Waals surface area contributed by atoms with Crippen LogP contribution < -0.4 is 9.47 Å². The first-order chi connectivity index (χ1) is 10.5. The van der Waals surface area contributed by atoms with E-state index in [2.05, 4.69) is 4.74 Å². The Morgan fingerprint density at radius 3 is 2.18 bits per heavy atom. The third-order valence-corrected chi connectivity index (χ3v) is 3.07. The highest BCUT2D eigenvalue weighted by atomic mass is 16.5. The van der Waals surface area contributed by atoms with Gasteiger partial charge in [0.15, 0.2) is 6.61 Å². The third-order valence-electron chi connectivity index (χ3n) is 3.07. The van der Waals surface area contributed by atoms with E-state index in [1.165, 1.54) is 12.0 Å². The zero-order valence-electron chi connectivity index (χ0n) is 13.5. The van der Waals surface area contributed by atoms with Crippen LogP contribution in [-0.2, 0) is 14.3 Å². The van der Waals surface area contributed by atoms with Gasteiger partial charge >= 0.3 is 5.97 Å². The number of likely N-dealkylation sites (N-methyl/N-ethyl adjacent to an activating group) is 1. The molecule has 0 N–H and O–H groups in total. The van der Waals surface area contributed by atoms with E-state index < -0.39 is 0 Å². The van der Waals surface area contributed by atoms with Gasteiger partial charge < -0.3 is 19.1 Å². The molecule has 0 saturated heterocycles. The van der Waals surface area contributed by atoms with Gasteiger partial charge in [-0.2, -0.15) is 0 Å². The summed E-state index contributed by atoms with van der Waals surface area (Å²) in [5, 5.41) is 0. The van der Waals surface area contributed by atoms with Gasteiger partial charge in [0.25, 0.3) is 5.91 Å². The van der Waals surface area contributed by atoms with E-state index in [0.717, 1.165) is 5.75 Å². The summed E-state index contributed by atoms with van der Waals surface area (Å²) in [6, 6.07) is 7.06. The summed E-state index contributed by atoms with van der Waals surface area (Å²) in [5.41, 5.74) is 0. The number of esters is 1. The number of rotatable bonds is 8. The number of amides is 1. The Hall–Kier alpha value is -2.24. The Bertz CT molecular complexity index is 486. The summed E-state index contributed by atoms with van der Waals surface area (Å²) in [4.78, 5) is 24.7. The summed E-state index contributed by atoms with van der Waals surface area (Å²) >= 11 is 0. The van der Waals surface area contributed by atoms with Crippen molar-refractivity contribution in [2.75, 3.05) is 33.9 Å². The Labute approximate surface area is 131 Å². The van der Waals surface area contributed by atoms with Crippen LogP contribution in [0.1, 0.15) is 13.8 Å². The summed E-state index contributed by atoms with van der Waals surface area (Å²) in [5.74, 6) is 0.428. The molecule has 0 saturated carbocycles. The molecule has 1 aromatic carbocycles. The van der Waals surface area contributed by atoms with E-state index in [1.807, 2.05) is 6.92 Å². The maximum Gasteiger partial charge on any atom is 0.310 e. The molecular formula is C16H23NO5. The largest absolute Gasteiger partial charge is 0.494 e. The molecule has 0 fully saturated rings. The van der Waals surface area contributed by atoms with Gasteiger partial charge in [0.2, 0.25) is 0 Å². The summed E-state index contributed by atoms with van der Waals surface area (Å²) in [6.07, 6.45) is 0. The molecule has 1 rings (SSSR count). The SMILES string of the molecule is CCOc1ccc(OCC(=O)N(C)CC(C)C(=O)OC)cc1. The smallest absolute Gasteiger partial charge is 0.310 e. The van der Waals surface area contributed by atoms with Crippen molar-refractivity contribution in [1.82, 2.24) is 4.90 Å². The minimum absolute atomic E-state index is 0.0849. The fourth-order valence-corrected chi connectivity index (χ4v) is 1.84. The molecule has 6 heteroatoms. The van der Waals surface area contributed by atoms with Crippen LogP contribution in [0.2, 0.25) is 0 Å². The zero-order valence-corrected chi connectivity index (χ0v) is 13.5. The van der Waals surface area contributed by atoms with Gasteiger partial charge in [0.1, 0.15) is 11.5 Å². The Kier molecular flexibility index (Phi) is 7.22. The highest BCUT2D eigenvalue weighted by Gasteiger charge is 2.18. The maximum absolute atomic E-state index is 12.0. The predicted molar refractivity (Wildman–Crippen MR) is 81.9 cm³/mol. The number of carbonyl (C=O) groups excluding carboxylic acids is 2. The van der Waals surface area contributed by atoms with E-state index in [0.29, 0.717) is 12.4 Å². The van der Waals surface area contributed by atoms with Crippen LogP contribution in [0, 0.1) is 5.92 Å². The van der Waals surface area contributed by atoms with Crippen LogP contribution in [0.25, 0.3) is 0 Å². The van der Waals surface area contributed by atoms with Gasteiger partial charge in [-0.25, -0.2) is 0 Å². The van der Waals surface area contributed by atoms with Crippen molar-refractivity contribution in [3.05, 3.63) is 24.3 Å². The van der Waals surface area contributed by atoms with Crippen LogP contribution in [0.5, 0.6) is 11.5 Å². The molecule has 0 radical (unpaired) electrons. The molecular weight excluding hydrogens is 286 g/mol. The second-order valence-electron chi connectivity index (χ2n) is 4.89. The number of ether oxygens (including phenoxy) is 3. The average molecular weight is 309 g/mol. The quantitative estimate of drug-likeness (QED) is 0.684. The first-order valence-corrected chi connectivity index (χ1v) is 7.15. The normalized spacial score (nSPS) is 11.5. The Morgan fingerprint density at radius 2 is 1.68 bits per heavy atom. The van der Waals surface area contributed by atoms with Gasteiger partial charge in [-0.1, -0.05) is 6.92 Å². The first-order valence-electron chi connectivity index (χ1n) is 7.15. The van der Waals surface area contributed by atoms with E-state index in [-0.39, 0.29) is 30.9 Å². The molecule has 0 bridgehead atoms. The monoisotopic (exact) mass is 309 g/mol. The molecule has 0 heterocycles. The van der Waals surface area contributed by atoms with Crippen LogP contribution in [0.3, 0.4) is 0 Å². The van der Waals surface area contributed by atoms with Crippen LogP contribution >= 0.6 is 0 Å². The van der Waals surface area contributed by atoms with E-state index >= 15 is 0 Å². The minimum Gasteiger partial charge on any atom is -0.494 e. The first kappa shape index (κ1) is 17.8. The van der Waals surface area contributed by atoms with Crippen LogP contribution in [0.15, 0.2) is 24.3 Å². The van der Waals surface area contributed by atoms with Crippen molar-refractivity contribution >= 4 is 11.9 Å². The Balaban J connectivity index is 2.42. The van der Waals surface area contributed by atoms with Gasteiger partial charge in [-0.15, -0.1) is 0 Å². The van der Waals surface area contributed by atoms with Gasteiger partial charge in [0.05, 0.1) is 19.6 Å². The van der Waals surface area contributed by atoms with Gasteiger partial charge in [0, 0.05) is 13.6 Å². The molecule has 0 aliphatic rings. The lowest BCUT2D eigenvalue weighted by atomic mass is 10.2. The topological polar surface area (TPSA) is 65.1 Å². The number of carbonyl (C=O) groups is 2.